The number of ether oxygens (including phenoxy) is 1. The Morgan fingerprint density at radius 2 is 1.74 bits per heavy atom. The number of nitrogens with one attached hydrogen (secondary N) is 2. The van der Waals surface area contributed by atoms with E-state index in [1.54, 1.807) is 32.9 Å². The first-order valence-corrected chi connectivity index (χ1v) is 10.8. The molecule has 0 radical (unpaired) electrons. The van der Waals surface area contributed by atoms with Gasteiger partial charge in [-0.05, 0) is 59.4 Å². The summed E-state index contributed by atoms with van der Waals surface area (Å²) in [4.78, 5) is 40.5. The second-order valence-corrected chi connectivity index (χ2v) is 9.19. The maximum Gasteiger partial charge on any atom is 0.408 e. The summed E-state index contributed by atoms with van der Waals surface area (Å²) in [6.45, 7) is 8.25. The van der Waals surface area contributed by atoms with E-state index in [4.69, 9.17) is 4.74 Å². The van der Waals surface area contributed by atoms with Crippen molar-refractivity contribution in [2.24, 2.45) is 0 Å². The van der Waals surface area contributed by atoms with Gasteiger partial charge in [-0.1, -0.05) is 30.3 Å². The zero-order chi connectivity index (χ0) is 23.2. The summed E-state index contributed by atoms with van der Waals surface area (Å²) in [6.07, 6.45) is 1.67. The van der Waals surface area contributed by atoms with Crippen molar-refractivity contribution in [3.8, 4) is 0 Å². The van der Waals surface area contributed by atoms with Crippen molar-refractivity contribution < 1.29 is 24.2 Å². The molecule has 1 fully saturated rings. The Labute approximate surface area is 184 Å². The fourth-order valence-electron chi connectivity index (χ4n) is 3.44. The Morgan fingerprint density at radius 3 is 2.19 bits per heavy atom. The first-order valence-electron chi connectivity index (χ1n) is 10.8. The fourth-order valence-corrected chi connectivity index (χ4v) is 3.44. The summed E-state index contributed by atoms with van der Waals surface area (Å²) in [7, 11) is 0. The van der Waals surface area contributed by atoms with Gasteiger partial charge in [0.1, 0.15) is 17.7 Å². The molecule has 0 bridgehead atoms. The molecule has 3 amide bonds. The van der Waals surface area contributed by atoms with Gasteiger partial charge >= 0.3 is 6.09 Å². The summed E-state index contributed by atoms with van der Waals surface area (Å²) in [5, 5.41) is 15.2. The zero-order valence-corrected chi connectivity index (χ0v) is 19.1. The molecule has 1 aliphatic carbocycles. The van der Waals surface area contributed by atoms with E-state index in [0.29, 0.717) is 5.56 Å². The standard InChI is InChI=1S/C23H35N3O5/c1-15(2)24-20(28)19(16-10-7-6-8-11-16)26(17-12-9-13-17)21(29)18(14-27)25-22(30)31-23(3,4)5/h6-8,10-11,15,17-19,27H,9,12-14H2,1-5H3,(H,24,28)(H,25,30). The number of aliphatic hydroxyl groups is 1. The minimum atomic E-state index is -1.21. The molecule has 0 aliphatic heterocycles. The molecule has 172 valence electrons. The highest BCUT2D eigenvalue weighted by Crippen LogP contribution is 2.33. The molecule has 3 N–H and O–H groups in total. The third-order valence-corrected chi connectivity index (χ3v) is 4.97. The molecule has 8 heteroatoms. The second-order valence-electron chi connectivity index (χ2n) is 9.19. The lowest BCUT2D eigenvalue weighted by Crippen LogP contribution is -2.58. The van der Waals surface area contributed by atoms with Gasteiger partial charge < -0.3 is 25.4 Å². The predicted octanol–water partition coefficient (Wildman–Crippen LogP) is 2.52. The van der Waals surface area contributed by atoms with E-state index in [2.05, 4.69) is 10.6 Å². The van der Waals surface area contributed by atoms with Crippen molar-refractivity contribution in [3.05, 3.63) is 35.9 Å². The van der Waals surface area contributed by atoms with Crippen LogP contribution in [0.5, 0.6) is 0 Å². The highest BCUT2D eigenvalue weighted by Gasteiger charge is 2.41. The van der Waals surface area contributed by atoms with Crippen LogP contribution in [0.15, 0.2) is 30.3 Å². The van der Waals surface area contributed by atoms with Crippen LogP contribution in [0.2, 0.25) is 0 Å². The maximum absolute atomic E-state index is 13.5. The molecule has 1 saturated carbocycles. The van der Waals surface area contributed by atoms with E-state index in [1.165, 1.54) is 4.90 Å². The van der Waals surface area contributed by atoms with E-state index in [0.717, 1.165) is 19.3 Å². The third-order valence-electron chi connectivity index (χ3n) is 4.97. The Bertz CT molecular complexity index is 756. The van der Waals surface area contributed by atoms with Crippen LogP contribution in [0.4, 0.5) is 4.79 Å². The number of alkyl carbamates (subject to hydrolysis) is 1. The van der Waals surface area contributed by atoms with Crippen LogP contribution in [0.25, 0.3) is 0 Å². The quantitative estimate of drug-likeness (QED) is 0.584. The average Bonchev–Trinajstić information content (AvgIpc) is 2.62. The molecule has 8 nitrogen and oxygen atoms in total. The van der Waals surface area contributed by atoms with Crippen molar-refractivity contribution >= 4 is 17.9 Å². The van der Waals surface area contributed by atoms with E-state index in [1.807, 2.05) is 32.0 Å². The Hall–Kier alpha value is -2.61. The summed E-state index contributed by atoms with van der Waals surface area (Å²) >= 11 is 0. The van der Waals surface area contributed by atoms with Crippen molar-refractivity contribution in [2.45, 2.75) is 83.6 Å². The number of hydrogen-bond acceptors (Lipinski definition) is 5. The highest BCUT2D eigenvalue weighted by atomic mass is 16.6. The third kappa shape index (κ3) is 6.95. The molecular formula is C23H35N3O5. The number of nitrogens with zero attached hydrogens (tertiary/aromatic N) is 1. The van der Waals surface area contributed by atoms with Gasteiger partial charge in [-0.25, -0.2) is 4.79 Å². The second kappa shape index (κ2) is 10.6. The Balaban J connectivity index is 2.36. The van der Waals surface area contributed by atoms with Crippen LogP contribution in [-0.4, -0.2) is 58.2 Å². The lowest BCUT2D eigenvalue weighted by atomic mass is 9.88. The van der Waals surface area contributed by atoms with Gasteiger partial charge in [0, 0.05) is 12.1 Å². The van der Waals surface area contributed by atoms with Gasteiger partial charge in [-0.3, -0.25) is 9.59 Å². The molecule has 0 spiro atoms. The zero-order valence-electron chi connectivity index (χ0n) is 19.1. The minimum Gasteiger partial charge on any atom is -0.444 e. The predicted molar refractivity (Wildman–Crippen MR) is 117 cm³/mol. The van der Waals surface area contributed by atoms with Crippen LogP contribution >= 0.6 is 0 Å². The monoisotopic (exact) mass is 433 g/mol. The van der Waals surface area contributed by atoms with Gasteiger partial charge in [0.05, 0.1) is 6.61 Å². The van der Waals surface area contributed by atoms with Gasteiger partial charge in [0.25, 0.3) is 0 Å². The molecule has 1 aromatic carbocycles. The van der Waals surface area contributed by atoms with E-state index in [-0.39, 0.29) is 18.0 Å². The summed E-state index contributed by atoms with van der Waals surface area (Å²) in [5.74, 6) is -0.804. The molecule has 0 heterocycles. The molecule has 2 unspecified atom stereocenters. The molecule has 1 aliphatic rings. The first kappa shape index (κ1) is 24.7. The maximum atomic E-state index is 13.5. The van der Waals surface area contributed by atoms with E-state index in [9.17, 15) is 19.5 Å². The lowest BCUT2D eigenvalue weighted by Gasteiger charge is -2.43. The minimum absolute atomic E-state index is 0.106. The van der Waals surface area contributed by atoms with E-state index < -0.39 is 36.3 Å². The molecule has 0 aromatic heterocycles. The Morgan fingerprint density at radius 1 is 1.13 bits per heavy atom. The van der Waals surface area contributed by atoms with Crippen LogP contribution in [0, 0.1) is 0 Å². The van der Waals surface area contributed by atoms with Crippen molar-refractivity contribution in [2.75, 3.05) is 6.61 Å². The topological polar surface area (TPSA) is 108 Å². The van der Waals surface area contributed by atoms with Gasteiger partial charge in [0.15, 0.2) is 0 Å². The van der Waals surface area contributed by atoms with E-state index >= 15 is 0 Å². The van der Waals surface area contributed by atoms with Crippen molar-refractivity contribution in [1.29, 1.82) is 0 Å². The SMILES string of the molecule is CC(C)NC(=O)C(c1ccccc1)N(C(=O)C(CO)NC(=O)OC(C)(C)C)C1CCC1. The molecule has 2 atom stereocenters. The van der Waals surface area contributed by atoms with Crippen molar-refractivity contribution in [3.63, 3.8) is 0 Å². The van der Waals surface area contributed by atoms with Crippen LogP contribution in [-0.2, 0) is 14.3 Å². The fraction of sp³-hybridized carbons (Fsp3) is 0.609. The summed E-state index contributed by atoms with van der Waals surface area (Å²) < 4.78 is 5.23. The normalized spacial score (nSPS) is 16.1. The number of carbonyl (C=O) groups excluding carboxylic acids is 3. The lowest BCUT2D eigenvalue weighted by molar-refractivity contribution is -0.148. The van der Waals surface area contributed by atoms with Gasteiger partial charge in [-0.15, -0.1) is 0 Å². The molecule has 0 saturated heterocycles. The number of amides is 3. The molecule has 31 heavy (non-hydrogen) atoms. The molecular weight excluding hydrogens is 398 g/mol. The Kier molecular flexibility index (Phi) is 8.44. The number of hydrogen-bond donors (Lipinski definition) is 3. The van der Waals surface area contributed by atoms with Crippen LogP contribution in [0.1, 0.15) is 65.5 Å². The number of aliphatic hydroxyl groups excluding tert-OH is 1. The first-order chi connectivity index (χ1) is 14.5. The smallest absolute Gasteiger partial charge is 0.408 e. The van der Waals surface area contributed by atoms with Crippen LogP contribution < -0.4 is 10.6 Å². The average molecular weight is 434 g/mol. The van der Waals surface area contributed by atoms with Crippen molar-refractivity contribution in [1.82, 2.24) is 15.5 Å². The summed E-state index contributed by atoms with van der Waals surface area (Å²) in [6, 6.07) is 6.75. The van der Waals surface area contributed by atoms with Crippen LogP contribution in [0.3, 0.4) is 0 Å². The molecule has 2 rings (SSSR count). The van der Waals surface area contributed by atoms with Gasteiger partial charge in [0.2, 0.25) is 11.8 Å². The van der Waals surface area contributed by atoms with Gasteiger partial charge in [-0.2, -0.15) is 0 Å². The number of benzene rings is 1. The molecule has 1 aromatic rings. The number of rotatable bonds is 8. The largest absolute Gasteiger partial charge is 0.444 e. The highest BCUT2D eigenvalue weighted by molar-refractivity contribution is 5.92. The number of carbonyl (C=O) groups is 3. The summed E-state index contributed by atoms with van der Waals surface area (Å²) in [5.41, 5.74) is -0.0697.